The summed E-state index contributed by atoms with van der Waals surface area (Å²) in [5, 5.41) is 5.40. The molecule has 1 heterocycles. The van der Waals surface area contributed by atoms with Gasteiger partial charge in [-0.15, -0.1) is 0 Å². The number of carbonyl (C=O) groups excluding carboxylic acids is 1. The zero-order chi connectivity index (χ0) is 15.2. The Kier molecular flexibility index (Phi) is 4.65. The molecular weight excluding hydrogens is 275 g/mol. The molecule has 2 aromatic rings. The Morgan fingerprint density at radius 2 is 2.14 bits per heavy atom. The number of hydrogen-bond donors (Lipinski definition) is 2. The lowest BCUT2D eigenvalue weighted by molar-refractivity contribution is 0.102. The van der Waals surface area contributed by atoms with E-state index < -0.39 is 11.7 Å². The Morgan fingerprint density at radius 1 is 1.33 bits per heavy atom. The van der Waals surface area contributed by atoms with Crippen LogP contribution in [0.5, 0.6) is 5.75 Å². The number of hydrogen-bond acceptors (Lipinski definition) is 5. The summed E-state index contributed by atoms with van der Waals surface area (Å²) >= 11 is 0. The summed E-state index contributed by atoms with van der Waals surface area (Å²) in [5.74, 6) is -0.0824. The van der Waals surface area contributed by atoms with Crippen LogP contribution in [0.2, 0.25) is 0 Å². The zero-order valence-electron chi connectivity index (χ0n) is 11.7. The minimum atomic E-state index is -0.554. The molecule has 110 valence electrons. The molecule has 1 aromatic heterocycles. The van der Waals surface area contributed by atoms with Crippen molar-refractivity contribution in [3.05, 3.63) is 42.1 Å². The Labute approximate surface area is 121 Å². The highest BCUT2D eigenvalue weighted by Crippen LogP contribution is 2.21. The summed E-state index contributed by atoms with van der Waals surface area (Å²) in [5.41, 5.74) is 0.121. The molecule has 1 amide bonds. The Balaban J connectivity index is 2.14. The molecule has 0 bridgehead atoms. The molecule has 0 aliphatic heterocycles. The van der Waals surface area contributed by atoms with Crippen molar-refractivity contribution in [2.45, 2.75) is 6.92 Å². The third kappa shape index (κ3) is 3.65. The summed E-state index contributed by atoms with van der Waals surface area (Å²) in [4.78, 5) is 20.0. The van der Waals surface area contributed by atoms with Crippen LogP contribution in [0, 0.1) is 5.82 Å². The summed E-state index contributed by atoms with van der Waals surface area (Å²) < 4.78 is 18.6. The van der Waals surface area contributed by atoms with Crippen molar-refractivity contribution < 1.29 is 13.9 Å². The summed E-state index contributed by atoms with van der Waals surface area (Å²) in [7, 11) is 1.46. The quantitative estimate of drug-likeness (QED) is 0.883. The molecule has 0 unspecified atom stereocenters. The maximum Gasteiger partial charge on any atom is 0.275 e. The fourth-order valence-corrected chi connectivity index (χ4v) is 1.63. The largest absolute Gasteiger partial charge is 0.497 e. The number of rotatable bonds is 5. The van der Waals surface area contributed by atoms with Gasteiger partial charge in [0.15, 0.2) is 0 Å². The first kappa shape index (κ1) is 14.7. The molecular formula is C14H15FN4O2. The summed E-state index contributed by atoms with van der Waals surface area (Å²) in [6, 6.07) is 4.08. The molecule has 0 aliphatic carbocycles. The lowest BCUT2D eigenvalue weighted by Crippen LogP contribution is -2.15. The van der Waals surface area contributed by atoms with E-state index in [9.17, 15) is 9.18 Å². The monoisotopic (exact) mass is 290 g/mol. The van der Waals surface area contributed by atoms with Crippen molar-refractivity contribution >= 4 is 17.4 Å². The van der Waals surface area contributed by atoms with Gasteiger partial charge >= 0.3 is 0 Å². The van der Waals surface area contributed by atoms with Gasteiger partial charge in [-0.3, -0.25) is 4.79 Å². The van der Waals surface area contributed by atoms with Crippen molar-refractivity contribution in [1.82, 2.24) is 9.97 Å². The Bertz CT molecular complexity index is 631. The van der Waals surface area contributed by atoms with Gasteiger partial charge in [-0.1, -0.05) is 0 Å². The lowest BCUT2D eigenvalue weighted by atomic mass is 10.2. The number of ether oxygens (including phenoxy) is 1. The van der Waals surface area contributed by atoms with Gasteiger partial charge in [0.1, 0.15) is 23.1 Å². The second kappa shape index (κ2) is 6.65. The summed E-state index contributed by atoms with van der Waals surface area (Å²) in [6.45, 7) is 2.63. The number of halogens is 1. The Morgan fingerprint density at radius 3 is 2.76 bits per heavy atom. The molecule has 1 aromatic carbocycles. The number of nitrogens with zero attached hydrogens (tertiary/aromatic N) is 2. The van der Waals surface area contributed by atoms with Gasteiger partial charge in [-0.25, -0.2) is 14.4 Å². The zero-order valence-corrected chi connectivity index (χ0v) is 11.7. The van der Waals surface area contributed by atoms with Crippen LogP contribution in [0.3, 0.4) is 0 Å². The van der Waals surface area contributed by atoms with E-state index in [1.807, 2.05) is 6.92 Å². The van der Waals surface area contributed by atoms with Crippen molar-refractivity contribution in [3.63, 3.8) is 0 Å². The van der Waals surface area contributed by atoms with Crippen LogP contribution in [-0.2, 0) is 0 Å². The van der Waals surface area contributed by atoms with Gasteiger partial charge in [0.25, 0.3) is 5.91 Å². The van der Waals surface area contributed by atoms with Crippen LogP contribution in [0.15, 0.2) is 30.6 Å². The molecule has 21 heavy (non-hydrogen) atoms. The molecule has 2 rings (SSSR count). The van der Waals surface area contributed by atoms with Crippen LogP contribution < -0.4 is 15.4 Å². The number of aromatic nitrogens is 2. The molecule has 0 atom stereocenters. The van der Waals surface area contributed by atoms with Crippen molar-refractivity contribution in [2.24, 2.45) is 0 Å². The van der Waals surface area contributed by atoms with Gasteiger partial charge in [-0.05, 0) is 19.1 Å². The highest BCUT2D eigenvalue weighted by atomic mass is 19.1. The van der Waals surface area contributed by atoms with E-state index in [0.717, 1.165) is 0 Å². The van der Waals surface area contributed by atoms with E-state index in [2.05, 4.69) is 20.6 Å². The number of methoxy groups -OCH3 is 1. The van der Waals surface area contributed by atoms with E-state index >= 15 is 0 Å². The molecule has 6 nitrogen and oxygen atoms in total. The highest BCUT2D eigenvalue weighted by Gasteiger charge is 2.12. The number of anilines is 2. The second-order valence-corrected chi connectivity index (χ2v) is 4.12. The highest BCUT2D eigenvalue weighted by molar-refractivity contribution is 6.02. The van der Waals surface area contributed by atoms with Crippen LogP contribution in [-0.4, -0.2) is 29.5 Å². The average Bonchev–Trinajstić information content (AvgIpc) is 2.50. The number of nitrogens with one attached hydrogen (secondary N) is 2. The average molecular weight is 290 g/mol. The molecule has 0 radical (unpaired) electrons. The van der Waals surface area contributed by atoms with Gasteiger partial charge in [-0.2, -0.15) is 0 Å². The van der Waals surface area contributed by atoms with E-state index in [-0.39, 0.29) is 11.4 Å². The Hall–Kier alpha value is -2.70. The topological polar surface area (TPSA) is 76.1 Å². The second-order valence-electron chi connectivity index (χ2n) is 4.12. The lowest BCUT2D eigenvalue weighted by Gasteiger charge is -2.08. The molecule has 2 N–H and O–H groups in total. The maximum absolute atomic E-state index is 13.6. The molecule has 0 saturated heterocycles. The first-order valence-electron chi connectivity index (χ1n) is 6.35. The van der Waals surface area contributed by atoms with Crippen molar-refractivity contribution in [3.8, 4) is 5.75 Å². The molecule has 0 spiro atoms. The molecule has 0 aliphatic rings. The normalized spacial score (nSPS) is 10.0. The standard InChI is InChI=1S/C14H15FN4O2/c1-3-16-13-8-17-12(7-18-13)14(20)19-11-6-9(21-2)4-5-10(11)15/h4-8H,3H2,1-2H3,(H,16,18)(H,19,20). The fraction of sp³-hybridized carbons (Fsp3) is 0.214. The fourth-order valence-electron chi connectivity index (χ4n) is 1.63. The van der Waals surface area contributed by atoms with Gasteiger partial charge in [0.2, 0.25) is 0 Å². The van der Waals surface area contributed by atoms with Gasteiger partial charge in [0, 0.05) is 12.6 Å². The van der Waals surface area contributed by atoms with E-state index in [4.69, 9.17) is 4.74 Å². The smallest absolute Gasteiger partial charge is 0.275 e. The third-order valence-corrected chi connectivity index (χ3v) is 2.66. The van der Waals surface area contributed by atoms with Crippen molar-refractivity contribution in [2.75, 3.05) is 24.3 Å². The van der Waals surface area contributed by atoms with Crippen molar-refractivity contribution in [1.29, 1.82) is 0 Å². The SMILES string of the molecule is CCNc1cnc(C(=O)Nc2cc(OC)ccc2F)cn1. The molecule has 0 fully saturated rings. The predicted octanol–water partition coefficient (Wildman–Crippen LogP) is 2.31. The summed E-state index contributed by atoms with van der Waals surface area (Å²) in [6.07, 6.45) is 2.77. The minimum Gasteiger partial charge on any atom is -0.497 e. The van der Waals surface area contributed by atoms with Gasteiger partial charge in [0.05, 0.1) is 25.2 Å². The number of amides is 1. The number of benzene rings is 1. The van der Waals surface area contributed by atoms with E-state index in [1.165, 1.54) is 37.7 Å². The van der Waals surface area contributed by atoms with Crippen LogP contribution >= 0.6 is 0 Å². The first-order chi connectivity index (χ1) is 10.1. The first-order valence-corrected chi connectivity index (χ1v) is 6.35. The van der Waals surface area contributed by atoms with E-state index in [0.29, 0.717) is 18.1 Å². The van der Waals surface area contributed by atoms with Crippen LogP contribution in [0.1, 0.15) is 17.4 Å². The number of carbonyl (C=O) groups is 1. The van der Waals surface area contributed by atoms with Crippen LogP contribution in [0.4, 0.5) is 15.9 Å². The van der Waals surface area contributed by atoms with Gasteiger partial charge < -0.3 is 15.4 Å². The minimum absolute atomic E-state index is 0.0249. The molecule has 7 heteroatoms. The third-order valence-electron chi connectivity index (χ3n) is 2.66. The molecule has 0 saturated carbocycles. The van der Waals surface area contributed by atoms with E-state index in [1.54, 1.807) is 0 Å². The maximum atomic E-state index is 13.6. The predicted molar refractivity (Wildman–Crippen MR) is 77.1 cm³/mol. The van der Waals surface area contributed by atoms with Crippen LogP contribution in [0.25, 0.3) is 0 Å².